The second-order valence-corrected chi connectivity index (χ2v) is 5.53. The van der Waals surface area contributed by atoms with Crippen LogP contribution in [0.15, 0.2) is 22.7 Å². The molecule has 0 saturated heterocycles. The van der Waals surface area contributed by atoms with Crippen LogP contribution in [0.25, 0.3) is 0 Å². The highest BCUT2D eigenvalue weighted by atomic mass is 79.9. The van der Waals surface area contributed by atoms with Crippen molar-refractivity contribution in [1.82, 2.24) is 5.32 Å². The lowest BCUT2D eigenvalue weighted by Crippen LogP contribution is -2.21. The lowest BCUT2D eigenvalue weighted by atomic mass is 10.2. The first-order valence-corrected chi connectivity index (χ1v) is 7.15. The van der Waals surface area contributed by atoms with Crippen molar-refractivity contribution in [2.24, 2.45) is 0 Å². The summed E-state index contributed by atoms with van der Waals surface area (Å²) in [5.41, 5.74) is 1.21. The Morgan fingerprint density at radius 2 is 2.11 bits per heavy atom. The summed E-state index contributed by atoms with van der Waals surface area (Å²) in [6, 6.07) is 6.49. The number of benzene rings is 1. The Bertz CT molecular complexity index is 369. The van der Waals surface area contributed by atoms with E-state index < -0.39 is 6.10 Å². The average Bonchev–Trinajstić information content (AvgIpc) is 2.34. The number of nitrogens with one attached hydrogen (secondary N) is 1. The van der Waals surface area contributed by atoms with Gasteiger partial charge in [-0.3, -0.25) is 0 Å². The first kappa shape index (κ1) is 15.5. The van der Waals surface area contributed by atoms with E-state index in [2.05, 4.69) is 35.1 Å². The summed E-state index contributed by atoms with van der Waals surface area (Å²) in [4.78, 5) is 0. The molecule has 0 bridgehead atoms. The minimum absolute atomic E-state index is 0.332. The minimum atomic E-state index is -0.404. The van der Waals surface area contributed by atoms with Crippen LogP contribution < -0.4 is 10.1 Å². The molecule has 1 aromatic carbocycles. The molecule has 0 aliphatic heterocycles. The number of hydrogen-bond donors (Lipinski definition) is 2. The molecule has 0 spiro atoms. The van der Waals surface area contributed by atoms with E-state index in [-0.39, 0.29) is 0 Å². The fourth-order valence-corrected chi connectivity index (χ4v) is 1.94. The molecule has 1 aromatic rings. The van der Waals surface area contributed by atoms with Crippen LogP contribution in [-0.4, -0.2) is 23.9 Å². The van der Waals surface area contributed by atoms with Crippen LogP contribution in [0.2, 0.25) is 0 Å². The van der Waals surface area contributed by atoms with Crippen molar-refractivity contribution in [1.29, 1.82) is 0 Å². The normalized spacial score (nSPS) is 12.8. The van der Waals surface area contributed by atoms with Gasteiger partial charge in [-0.1, -0.05) is 26.8 Å². The van der Waals surface area contributed by atoms with Crippen molar-refractivity contribution in [2.45, 2.75) is 45.9 Å². The van der Waals surface area contributed by atoms with Crippen LogP contribution in [0.5, 0.6) is 5.75 Å². The molecule has 18 heavy (non-hydrogen) atoms. The van der Waals surface area contributed by atoms with Gasteiger partial charge in [0, 0.05) is 12.6 Å². The molecule has 1 atom stereocenters. The first-order chi connectivity index (χ1) is 8.52. The molecule has 0 aliphatic carbocycles. The van der Waals surface area contributed by atoms with Gasteiger partial charge in [-0.05, 0) is 40.0 Å². The maximum atomic E-state index is 9.46. The van der Waals surface area contributed by atoms with Crippen molar-refractivity contribution in [3.63, 3.8) is 0 Å². The van der Waals surface area contributed by atoms with Gasteiger partial charge in [0.05, 0.1) is 10.6 Å². The number of hydrogen-bond acceptors (Lipinski definition) is 3. The predicted octanol–water partition coefficient (Wildman–Crippen LogP) is 3.10. The number of rotatable bonds is 7. The number of halogens is 1. The van der Waals surface area contributed by atoms with Gasteiger partial charge in [0.2, 0.25) is 0 Å². The van der Waals surface area contributed by atoms with E-state index in [0.717, 1.165) is 16.8 Å². The maximum absolute atomic E-state index is 9.46. The SMILES string of the molecule is CCC(O)COc1ccc(CNC(C)C)cc1Br. The van der Waals surface area contributed by atoms with Crippen molar-refractivity contribution in [2.75, 3.05) is 6.61 Å². The Labute approximate surface area is 118 Å². The van der Waals surface area contributed by atoms with Gasteiger partial charge in [-0.15, -0.1) is 0 Å². The van der Waals surface area contributed by atoms with Gasteiger partial charge in [-0.2, -0.15) is 0 Å². The van der Waals surface area contributed by atoms with Crippen LogP contribution in [0.3, 0.4) is 0 Å². The molecule has 0 saturated carbocycles. The third kappa shape index (κ3) is 5.38. The van der Waals surface area contributed by atoms with E-state index in [1.165, 1.54) is 5.56 Å². The van der Waals surface area contributed by atoms with Crippen molar-refractivity contribution < 1.29 is 9.84 Å². The van der Waals surface area contributed by atoms with Gasteiger partial charge in [0.25, 0.3) is 0 Å². The number of aliphatic hydroxyl groups is 1. The maximum Gasteiger partial charge on any atom is 0.133 e. The zero-order valence-corrected chi connectivity index (χ0v) is 12.8. The van der Waals surface area contributed by atoms with Crippen LogP contribution in [0.1, 0.15) is 32.8 Å². The molecular weight excluding hydrogens is 294 g/mol. The highest BCUT2D eigenvalue weighted by Gasteiger charge is 2.06. The zero-order chi connectivity index (χ0) is 13.5. The molecule has 0 aromatic heterocycles. The summed E-state index contributed by atoms with van der Waals surface area (Å²) >= 11 is 3.49. The van der Waals surface area contributed by atoms with E-state index in [0.29, 0.717) is 19.1 Å². The first-order valence-electron chi connectivity index (χ1n) is 6.35. The largest absolute Gasteiger partial charge is 0.490 e. The molecule has 0 radical (unpaired) electrons. The van der Waals surface area contributed by atoms with E-state index >= 15 is 0 Å². The Morgan fingerprint density at radius 3 is 2.67 bits per heavy atom. The lowest BCUT2D eigenvalue weighted by Gasteiger charge is -2.13. The molecule has 1 rings (SSSR count). The van der Waals surface area contributed by atoms with E-state index in [4.69, 9.17) is 4.74 Å². The Kier molecular flexibility index (Phi) is 6.68. The minimum Gasteiger partial charge on any atom is -0.490 e. The topological polar surface area (TPSA) is 41.5 Å². The molecule has 0 heterocycles. The highest BCUT2D eigenvalue weighted by molar-refractivity contribution is 9.10. The molecule has 1 unspecified atom stereocenters. The standard InChI is InChI=1S/C14H22BrNO2/c1-4-12(17)9-18-14-6-5-11(7-13(14)15)8-16-10(2)3/h5-7,10,12,16-17H,4,8-9H2,1-3H3. The van der Waals surface area contributed by atoms with Crippen molar-refractivity contribution in [3.8, 4) is 5.75 Å². The zero-order valence-electron chi connectivity index (χ0n) is 11.2. The molecule has 2 N–H and O–H groups in total. The van der Waals surface area contributed by atoms with E-state index in [1.54, 1.807) is 0 Å². The predicted molar refractivity (Wildman–Crippen MR) is 77.9 cm³/mol. The average molecular weight is 316 g/mol. The summed E-state index contributed by atoms with van der Waals surface area (Å²) in [7, 11) is 0. The summed E-state index contributed by atoms with van der Waals surface area (Å²) in [5, 5.41) is 12.8. The summed E-state index contributed by atoms with van der Waals surface area (Å²) < 4.78 is 6.48. The third-order valence-electron chi connectivity index (χ3n) is 2.61. The highest BCUT2D eigenvalue weighted by Crippen LogP contribution is 2.26. The molecule has 4 heteroatoms. The Balaban J connectivity index is 2.56. The number of aliphatic hydroxyl groups excluding tert-OH is 1. The van der Waals surface area contributed by atoms with Gasteiger partial charge in [0.15, 0.2) is 0 Å². The lowest BCUT2D eigenvalue weighted by molar-refractivity contribution is 0.104. The molecule has 0 amide bonds. The summed E-state index contributed by atoms with van der Waals surface area (Å²) in [5.74, 6) is 0.774. The van der Waals surface area contributed by atoms with Crippen LogP contribution >= 0.6 is 15.9 Å². The number of ether oxygens (including phenoxy) is 1. The molecule has 0 fully saturated rings. The molecule has 102 valence electrons. The summed E-state index contributed by atoms with van der Waals surface area (Å²) in [6.45, 7) is 7.36. The second kappa shape index (κ2) is 7.77. The summed E-state index contributed by atoms with van der Waals surface area (Å²) in [6.07, 6.45) is 0.299. The molecular formula is C14H22BrNO2. The van der Waals surface area contributed by atoms with Gasteiger partial charge >= 0.3 is 0 Å². The smallest absolute Gasteiger partial charge is 0.133 e. The second-order valence-electron chi connectivity index (χ2n) is 4.67. The van der Waals surface area contributed by atoms with Crippen LogP contribution in [-0.2, 0) is 6.54 Å². The Hall–Kier alpha value is -0.580. The van der Waals surface area contributed by atoms with Gasteiger partial charge in [0.1, 0.15) is 12.4 Å². The van der Waals surface area contributed by atoms with E-state index in [1.807, 2.05) is 25.1 Å². The molecule has 3 nitrogen and oxygen atoms in total. The monoisotopic (exact) mass is 315 g/mol. The van der Waals surface area contributed by atoms with Crippen molar-refractivity contribution >= 4 is 15.9 Å². The Morgan fingerprint density at radius 1 is 1.39 bits per heavy atom. The molecule has 0 aliphatic rings. The quantitative estimate of drug-likeness (QED) is 0.812. The fourth-order valence-electron chi connectivity index (χ4n) is 1.40. The van der Waals surface area contributed by atoms with Crippen LogP contribution in [0, 0.1) is 0 Å². The van der Waals surface area contributed by atoms with Crippen LogP contribution in [0.4, 0.5) is 0 Å². The van der Waals surface area contributed by atoms with Gasteiger partial charge in [-0.25, -0.2) is 0 Å². The van der Waals surface area contributed by atoms with Crippen molar-refractivity contribution in [3.05, 3.63) is 28.2 Å². The van der Waals surface area contributed by atoms with Gasteiger partial charge < -0.3 is 15.2 Å². The van der Waals surface area contributed by atoms with E-state index in [9.17, 15) is 5.11 Å². The third-order valence-corrected chi connectivity index (χ3v) is 3.23. The fraction of sp³-hybridized carbons (Fsp3) is 0.571.